The summed E-state index contributed by atoms with van der Waals surface area (Å²) in [4.78, 5) is 2.09. The van der Waals surface area contributed by atoms with E-state index in [1.807, 2.05) is 26.2 Å². The lowest BCUT2D eigenvalue weighted by Crippen LogP contribution is -2.34. The largest absolute Gasteiger partial charge is 0.361 e. The van der Waals surface area contributed by atoms with Crippen LogP contribution in [-0.2, 0) is 25.9 Å². The van der Waals surface area contributed by atoms with Crippen molar-refractivity contribution in [2.75, 3.05) is 14.1 Å². The van der Waals surface area contributed by atoms with Gasteiger partial charge in [0.25, 0.3) is 0 Å². The molecule has 1 atom stereocenters. The summed E-state index contributed by atoms with van der Waals surface area (Å²) >= 11 is 0. The van der Waals surface area contributed by atoms with Crippen molar-refractivity contribution >= 4 is 0 Å². The van der Waals surface area contributed by atoms with Gasteiger partial charge in [-0.15, -0.1) is 0 Å². The highest BCUT2D eigenvalue weighted by molar-refractivity contribution is 5.27. The maximum Gasteiger partial charge on any atom is 0.140 e. The molecule has 22 heavy (non-hydrogen) atoms. The maximum absolute atomic E-state index is 13.7. The second kappa shape index (κ2) is 6.58. The highest BCUT2D eigenvalue weighted by Gasteiger charge is 2.25. The van der Waals surface area contributed by atoms with Crippen LogP contribution in [0.2, 0.25) is 0 Å². The number of rotatable bonds is 5. The van der Waals surface area contributed by atoms with Gasteiger partial charge in [0.15, 0.2) is 0 Å². The van der Waals surface area contributed by atoms with Crippen molar-refractivity contribution in [1.29, 1.82) is 0 Å². The third kappa shape index (κ3) is 3.36. The fraction of sp³-hybridized carbons (Fsp3) is 0.471. The van der Waals surface area contributed by atoms with Gasteiger partial charge in [-0.1, -0.05) is 23.4 Å². The first-order valence-electron chi connectivity index (χ1n) is 7.71. The number of aromatic nitrogens is 1. The smallest absolute Gasteiger partial charge is 0.140 e. The summed E-state index contributed by atoms with van der Waals surface area (Å²) in [5.41, 5.74) is 2.97. The average molecular weight is 303 g/mol. The molecule has 0 fully saturated rings. The number of halogens is 1. The van der Waals surface area contributed by atoms with Gasteiger partial charge in [-0.25, -0.2) is 4.39 Å². The fourth-order valence-corrected chi connectivity index (χ4v) is 2.96. The molecule has 0 amide bonds. The lowest BCUT2D eigenvalue weighted by molar-refractivity contribution is 0.339. The third-order valence-electron chi connectivity index (χ3n) is 4.13. The van der Waals surface area contributed by atoms with E-state index in [4.69, 9.17) is 4.52 Å². The lowest BCUT2D eigenvalue weighted by Gasteiger charge is -2.23. The van der Waals surface area contributed by atoms with E-state index in [9.17, 15) is 4.39 Å². The number of hydrogen-bond acceptors (Lipinski definition) is 4. The van der Waals surface area contributed by atoms with Crippen molar-refractivity contribution in [3.8, 4) is 0 Å². The van der Waals surface area contributed by atoms with Crippen molar-refractivity contribution < 1.29 is 8.91 Å². The fourth-order valence-electron chi connectivity index (χ4n) is 2.96. The molecule has 0 radical (unpaired) electrons. The SMILES string of the molecule is CN(C)Cc1noc2c1CC(NCc1ccccc1F)CC2. The van der Waals surface area contributed by atoms with E-state index in [0.29, 0.717) is 18.2 Å². The average Bonchev–Trinajstić information content (AvgIpc) is 2.88. The summed E-state index contributed by atoms with van der Waals surface area (Å²) in [7, 11) is 4.05. The molecule has 0 saturated carbocycles. The van der Waals surface area contributed by atoms with Crippen LogP contribution in [0.4, 0.5) is 4.39 Å². The molecule has 1 aliphatic carbocycles. The quantitative estimate of drug-likeness (QED) is 0.921. The maximum atomic E-state index is 13.7. The molecule has 1 aromatic heterocycles. The minimum absolute atomic E-state index is 0.148. The van der Waals surface area contributed by atoms with E-state index in [1.54, 1.807) is 6.07 Å². The first-order valence-corrected chi connectivity index (χ1v) is 7.71. The van der Waals surface area contributed by atoms with Crippen LogP contribution in [0.1, 0.15) is 29.0 Å². The molecule has 1 unspecified atom stereocenters. The zero-order valence-corrected chi connectivity index (χ0v) is 13.1. The predicted molar refractivity (Wildman–Crippen MR) is 82.9 cm³/mol. The van der Waals surface area contributed by atoms with E-state index in [2.05, 4.69) is 15.4 Å². The number of nitrogens with one attached hydrogen (secondary N) is 1. The van der Waals surface area contributed by atoms with Gasteiger partial charge in [0.1, 0.15) is 17.3 Å². The van der Waals surface area contributed by atoms with Crippen LogP contribution in [0.25, 0.3) is 0 Å². The van der Waals surface area contributed by atoms with Gasteiger partial charge in [0.05, 0.1) is 0 Å². The zero-order chi connectivity index (χ0) is 15.5. The first kappa shape index (κ1) is 15.2. The Bertz CT molecular complexity index is 639. The Balaban J connectivity index is 1.64. The van der Waals surface area contributed by atoms with Crippen LogP contribution in [-0.4, -0.2) is 30.2 Å². The lowest BCUT2D eigenvalue weighted by atomic mass is 9.92. The number of benzene rings is 1. The summed E-state index contributed by atoms with van der Waals surface area (Å²) in [5, 5.41) is 7.67. The summed E-state index contributed by atoms with van der Waals surface area (Å²) in [6.07, 6.45) is 2.79. The Kier molecular flexibility index (Phi) is 4.55. The molecule has 2 aromatic rings. The van der Waals surface area contributed by atoms with Crippen molar-refractivity contribution in [2.24, 2.45) is 0 Å². The van der Waals surface area contributed by atoms with E-state index in [1.165, 1.54) is 11.6 Å². The van der Waals surface area contributed by atoms with Gasteiger partial charge in [-0.2, -0.15) is 0 Å². The van der Waals surface area contributed by atoms with Crippen LogP contribution in [0.3, 0.4) is 0 Å². The Morgan fingerprint density at radius 3 is 2.95 bits per heavy atom. The van der Waals surface area contributed by atoms with Crippen molar-refractivity contribution in [1.82, 2.24) is 15.4 Å². The van der Waals surface area contributed by atoms with Crippen molar-refractivity contribution in [2.45, 2.75) is 38.4 Å². The van der Waals surface area contributed by atoms with Crippen LogP contribution >= 0.6 is 0 Å². The van der Waals surface area contributed by atoms with E-state index in [-0.39, 0.29) is 5.82 Å². The summed E-state index contributed by atoms with van der Waals surface area (Å²) in [5.74, 6) is 0.866. The molecule has 1 aromatic carbocycles. The highest BCUT2D eigenvalue weighted by atomic mass is 19.1. The monoisotopic (exact) mass is 303 g/mol. The van der Waals surface area contributed by atoms with Gasteiger partial charge >= 0.3 is 0 Å². The summed E-state index contributed by atoms with van der Waals surface area (Å²) < 4.78 is 19.1. The van der Waals surface area contributed by atoms with E-state index >= 15 is 0 Å². The molecule has 0 bridgehead atoms. The third-order valence-corrected chi connectivity index (χ3v) is 4.13. The molecule has 1 heterocycles. The Morgan fingerprint density at radius 2 is 2.18 bits per heavy atom. The van der Waals surface area contributed by atoms with Crippen molar-refractivity contribution in [3.63, 3.8) is 0 Å². The second-order valence-corrected chi connectivity index (χ2v) is 6.18. The molecule has 0 saturated heterocycles. The molecule has 5 heteroatoms. The van der Waals surface area contributed by atoms with Gasteiger partial charge in [0.2, 0.25) is 0 Å². The molecule has 0 aliphatic heterocycles. The number of aryl methyl sites for hydroxylation is 1. The Labute approximate surface area is 130 Å². The standard InChI is InChI=1S/C17H22FN3O/c1-21(2)11-16-14-9-13(7-8-17(14)22-20-16)19-10-12-5-3-4-6-15(12)18/h3-6,13,19H,7-11H2,1-2H3. The molecular weight excluding hydrogens is 281 g/mol. The second-order valence-electron chi connectivity index (χ2n) is 6.18. The minimum atomic E-state index is -0.148. The number of fused-ring (bicyclic) bond motifs is 1. The van der Waals surface area contributed by atoms with Gasteiger partial charge in [0, 0.05) is 36.7 Å². The van der Waals surface area contributed by atoms with Gasteiger partial charge in [-0.3, -0.25) is 0 Å². The van der Waals surface area contributed by atoms with Crippen LogP contribution in [0.15, 0.2) is 28.8 Å². The van der Waals surface area contributed by atoms with Gasteiger partial charge in [-0.05, 0) is 33.0 Å². The predicted octanol–water partition coefficient (Wildman–Crippen LogP) is 2.52. The van der Waals surface area contributed by atoms with E-state index in [0.717, 1.165) is 37.3 Å². The van der Waals surface area contributed by atoms with Crippen LogP contribution in [0, 0.1) is 5.82 Å². The molecule has 0 spiro atoms. The first-order chi connectivity index (χ1) is 10.6. The zero-order valence-electron chi connectivity index (χ0n) is 13.1. The summed E-state index contributed by atoms with van der Waals surface area (Å²) in [6.45, 7) is 1.35. The van der Waals surface area contributed by atoms with Crippen LogP contribution < -0.4 is 5.32 Å². The Morgan fingerprint density at radius 1 is 1.36 bits per heavy atom. The number of hydrogen-bond donors (Lipinski definition) is 1. The molecule has 3 rings (SSSR count). The summed E-state index contributed by atoms with van der Waals surface area (Å²) in [6, 6.07) is 7.26. The molecule has 1 aliphatic rings. The van der Waals surface area contributed by atoms with Gasteiger partial charge < -0.3 is 14.7 Å². The molecule has 4 nitrogen and oxygen atoms in total. The highest BCUT2D eigenvalue weighted by Crippen LogP contribution is 2.25. The minimum Gasteiger partial charge on any atom is -0.361 e. The molecular formula is C17H22FN3O. The van der Waals surface area contributed by atoms with Crippen molar-refractivity contribution in [3.05, 3.63) is 52.7 Å². The number of nitrogens with zero attached hydrogens (tertiary/aromatic N) is 2. The van der Waals surface area contributed by atoms with Crippen LogP contribution in [0.5, 0.6) is 0 Å². The topological polar surface area (TPSA) is 41.3 Å². The molecule has 1 N–H and O–H groups in total. The Hall–Kier alpha value is -1.72. The van der Waals surface area contributed by atoms with E-state index < -0.39 is 0 Å². The molecule has 118 valence electrons. The normalized spacial score (nSPS) is 17.7.